The number of hydrogen-bond acceptors (Lipinski definition) is 5. The summed E-state index contributed by atoms with van der Waals surface area (Å²) in [5, 5.41) is 7.34. The van der Waals surface area contributed by atoms with Gasteiger partial charge in [0.15, 0.2) is 11.5 Å². The lowest BCUT2D eigenvalue weighted by atomic mass is 10.3. The van der Waals surface area contributed by atoms with E-state index in [9.17, 15) is 4.39 Å². The van der Waals surface area contributed by atoms with Crippen LogP contribution >= 0.6 is 0 Å². The average molecular weight is 223 g/mol. The fourth-order valence-corrected chi connectivity index (χ4v) is 1.25. The predicted octanol–water partition coefficient (Wildman–Crippen LogP) is 1.73. The molecule has 6 heteroatoms. The second-order valence-corrected chi connectivity index (χ2v) is 3.19. The molecular weight excluding hydrogens is 213 g/mol. The van der Waals surface area contributed by atoms with Gasteiger partial charge in [0.25, 0.3) is 5.89 Å². The molecule has 0 aromatic carbocycles. The summed E-state index contributed by atoms with van der Waals surface area (Å²) in [6, 6.07) is 2.85. The number of rotatable bonds is 3. The molecule has 0 bridgehead atoms. The normalized spacial score (nSPS) is 10.7. The number of aryl methyl sites for hydroxylation is 1. The highest BCUT2D eigenvalue weighted by Crippen LogP contribution is 2.19. The third kappa shape index (κ3) is 2.06. The third-order valence-corrected chi connectivity index (χ3v) is 1.92. The van der Waals surface area contributed by atoms with Crippen LogP contribution in [0.4, 0.5) is 4.39 Å². The fourth-order valence-electron chi connectivity index (χ4n) is 1.25. The van der Waals surface area contributed by atoms with Gasteiger partial charge in [-0.25, -0.2) is 9.37 Å². The van der Waals surface area contributed by atoms with E-state index in [2.05, 4.69) is 15.2 Å². The van der Waals surface area contributed by atoms with Crippen LogP contribution in [0.15, 0.2) is 16.5 Å². The van der Waals surface area contributed by atoms with Crippen molar-refractivity contribution < 1.29 is 13.5 Å². The fraction of sp³-hybridized carbons (Fsp3) is 0.300. The molecule has 0 radical (unpaired) electrons. The maximum Gasteiger partial charge on any atom is 0.269 e. The Morgan fingerprint density at radius 2 is 2.19 bits per heavy atom. The minimum Gasteiger partial charge on any atom is -0.420 e. The summed E-state index contributed by atoms with van der Waals surface area (Å²) in [6.07, 6.45) is 0. The second-order valence-electron chi connectivity index (χ2n) is 3.19. The summed E-state index contributed by atoms with van der Waals surface area (Å²) >= 11 is 0. The van der Waals surface area contributed by atoms with Crippen LogP contribution in [-0.4, -0.2) is 22.3 Å². The van der Waals surface area contributed by atoms with Crippen molar-refractivity contribution in [1.82, 2.24) is 15.2 Å². The first kappa shape index (κ1) is 10.7. The molecule has 0 aliphatic rings. The van der Waals surface area contributed by atoms with E-state index in [4.69, 9.17) is 9.15 Å². The molecule has 0 N–H and O–H groups in total. The zero-order valence-electron chi connectivity index (χ0n) is 8.90. The standard InChI is InChI=1S/C10H10FN3O2/c1-6-13-14-10(16-6)9-8(11)4-3-7(12-9)5-15-2/h3-4H,5H2,1-2H3. The Hall–Kier alpha value is -1.82. The van der Waals surface area contributed by atoms with Crippen LogP contribution in [0.1, 0.15) is 11.6 Å². The first-order valence-electron chi connectivity index (χ1n) is 4.65. The smallest absolute Gasteiger partial charge is 0.269 e. The first-order valence-corrected chi connectivity index (χ1v) is 4.65. The van der Waals surface area contributed by atoms with E-state index in [0.717, 1.165) is 0 Å². The van der Waals surface area contributed by atoms with Crippen LogP contribution in [0.25, 0.3) is 11.6 Å². The summed E-state index contributed by atoms with van der Waals surface area (Å²) in [7, 11) is 1.54. The van der Waals surface area contributed by atoms with Gasteiger partial charge in [-0.05, 0) is 12.1 Å². The molecule has 0 spiro atoms. The summed E-state index contributed by atoms with van der Waals surface area (Å²) in [5.41, 5.74) is 0.657. The zero-order valence-corrected chi connectivity index (χ0v) is 8.90. The Bertz CT molecular complexity index is 499. The second kappa shape index (κ2) is 4.36. The number of aromatic nitrogens is 3. The maximum absolute atomic E-state index is 13.5. The van der Waals surface area contributed by atoms with Gasteiger partial charge in [-0.2, -0.15) is 0 Å². The van der Waals surface area contributed by atoms with Gasteiger partial charge in [0.1, 0.15) is 0 Å². The molecule has 84 valence electrons. The quantitative estimate of drug-likeness (QED) is 0.792. The summed E-state index contributed by atoms with van der Waals surface area (Å²) < 4.78 is 23.5. The van der Waals surface area contributed by atoms with Gasteiger partial charge < -0.3 is 9.15 Å². The van der Waals surface area contributed by atoms with E-state index in [1.54, 1.807) is 20.1 Å². The lowest BCUT2D eigenvalue weighted by molar-refractivity contribution is 0.181. The lowest BCUT2D eigenvalue weighted by Crippen LogP contribution is -1.97. The van der Waals surface area contributed by atoms with Crippen molar-refractivity contribution in [1.29, 1.82) is 0 Å². The topological polar surface area (TPSA) is 61.0 Å². The van der Waals surface area contributed by atoms with Crippen LogP contribution < -0.4 is 0 Å². The molecule has 2 aromatic heterocycles. The minimum absolute atomic E-state index is 0.0511. The largest absolute Gasteiger partial charge is 0.420 e. The molecule has 0 unspecified atom stereocenters. The Morgan fingerprint density at radius 3 is 2.81 bits per heavy atom. The van der Waals surface area contributed by atoms with Crippen LogP contribution in [0.5, 0.6) is 0 Å². The van der Waals surface area contributed by atoms with Gasteiger partial charge in [-0.15, -0.1) is 10.2 Å². The Morgan fingerprint density at radius 1 is 1.38 bits per heavy atom. The van der Waals surface area contributed by atoms with Gasteiger partial charge >= 0.3 is 0 Å². The number of hydrogen-bond donors (Lipinski definition) is 0. The van der Waals surface area contributed by atoms with E-state index >= 15 is 0 Å². The molecule has 0 aliphatic heterocycles. The molecule has 2 heterocycles. The predicted molar refractivity (Wildman–Crippen MR) is 52.9 cm³/mol. The summed E-state index contributed by atoms with van der Waals surface area (Å²) in [6.45, 7) is 1.94. The van der Waals surface area contributed by atoms with Crippen molar-refractivity contribution in [2.45, 2.75) is 13.5 Å². The monoisotopic (exact) mass is 223 g/mol. The number of halogens is 1. The van der Waals surface area contributed by atoms with Crippen LogP contribution in [0, 0.1) is 12.7 Å². The van der Waals surface area contributed by atoms with Gasteiger partial charge in [0, 0.05) is 14.0 Å². The molecular formula is C10H10FN3O2. The summed E-state index contributed by atoms with van der Waals surface area (Å²) in [4.78, 5) is 4.05. The molecule has 0 saturated heterocycles. The van der Waals surface area contributed by atoms with E-state index in [1.165, 1.54) is 6.07 Å². The number of ether oxygens (including phenoxy) is 1. The van der Waals surface area contributed by atoms with Crippen LogP contribution in [-0.2, 0) is 11.3 Å². The number of nitrogens with zero attached hydrogens (tertiary/aromatic N) is 3. The molecule has 16 heavy (non-hydrogen) atoms. The van der Waals surface area contributed by atoms with E-state index in [1.807, 2.05) is 0 Å². The zero-order chi connectivity index (χ0) is 11.5. The van der Waals surface area contributed by atoms with Crippen molar-refractivity contribution in [2.24, 2.45) is 0 Å². The van der Waals surface area contributed by atoms with Gasteiger partial charge in [-0.1, -0.05) is 0 Å². The van der Waals surface area contributed by atoms with Crippen LogP contribution in [0.3, 0.4) is 0 Å². The lowest BCUT2D eigenvalue weighted by Gasteiger charge is -2.01. The van der Waals surface area contributed by atoms with Gasteiger partial charge in [0.2, 0.25) is 5.89 Å². The molecule has 0 amide bonds. The average Bonchev–Trinajstić information content (AvgIpc) is 2.68. The van der Waals surface area contributed by atoms with E-state index < -0.39 is 5.82 Å². The van der Waals surface area contributed by atoms with Crippen molar-refractivity contribution in [3.8, 4) is 11.6 Å². The van der Waals surface area contributed by atoms with Crippen molar-refractivity contribution in [3.05, 3.63) is 29.5 Å². The Kier molecular flexibility index (Phi) is 2.91. The highest BCUT2D eigenvalue weighted by atomic mass is 19.1. The van der Waals surface area contributed by atoms with Gasteiger partial charge in [0.05, 0.1) is 12.3 Å². The molecule has 2 rings (SSSR count). The van der Waals surface area contributed by atoms with Crippen LogP contribution in [0.2, 0.25) is 0 Å². The Balaban J connectivity index is 2.42. The maximum atomic E-state index is 13.5. The SMILES string of the molecule is COCc1ccc(F)c(-c2nnc(C)o2)n1. The molecule has 0 fully saturated rings. The molecule has 2 aromatic rings. The van der Waals surface area contributed by atoms with Crippen molar-refractivity contribution >= 4 is 0 Å². The van der Waals surface area contributed by atoms with E-state index in [0.29, 0.717) is 18.2 Å². The minimum atomic E-state index is -0.497. The number of pyridine rings is 1. The first-order chi connectivity index (χ1) is 7.70. The van der Waals surface area contributed by atoms with Crippen molar-refractivity contribution in [2.75, 3.05) is 7.11 Å². The molecule has 0 aliphatic carbocycles. The van der Waals surface area contributed by atoms with Crippen molar-refractivity contribution in [3.63, 3.8) is 0 Å². The summed E-state index contributed by atoms with van der Waals surface area (Å²) in [5.74, 6) is -0.0511. The van der Waals surface area contributed by atoms with Gasteiger partial charge in [-0.3, -0.25) is 0 Å². The number of methoxy groups -OCH3 is 1. The molecule has 5 nitrogen and oxygen atoms in total. The van der Waals surface area contributed by atoms with E-state index in [-0.39, 0.29) is 11.6 Å². The Labute approximate surface area is 91.3 Å². The highest BCUT2D eigenvalue weighted by Gasteiger charge is 2.14. The third-order valence-electron chi connectivity index (χ3n) is 1.92. The molecule has 0 atom stereocenters. The molecule has 0 saturated carbocycles. The highest BCUT2D eigenvalue weighted by molar-refractivity contribution is 5.47.